The normalized spacial score (nSPS) is 10.8. The van der Waals surface area contributed by atoms with E-state index >= 15 is 0 Å². The number of hydrogen-bond acceptors (Lipinski definition) is 1. The number of carbonyl (C=O) groups excluding carboxylic acids is 1. The molecule has 0 spiro atoms. The molecule has 2 N–H and O–H groups in total. The molecule has 4 heteroatoms. The average Bonchev–Trinajstić information content (AvgIpc) is 2.90. The van der Waals surface area contributed by atoms with Gasteiger partial charge in [-0.2, -0.15) is 0 Å². The minimum absolute atomic E-state index is 0.124. The largest absolute Gasteiger partial charge is 0.361 e. The Morgan fingerprint density at radius 2 is 2.05 bits per heavy atom. The average molecular weight is 312 g/mol. The van der Waals surface area contributed by atoms with Gasteiger partial charge < -0.3 is 10.3 Å². The molecule has 111 valence electrons. The number of hydrogen-bond donors (Lipinski definition) is 2. The second-order valence-electron chi connectivity index (χ2n) is 5.17. The summed E-state index contributed by atoms with van der Waals surface area (Å²) in [6.07, 6.45) is 2.77. The third-order valence-electron chi connectivity index (χ3n) is 3.67. The molecule has 2 aromatic carbocycles. The first-order valence-electron chi connectivity index (χ1n) is 7.10. The highest BCUT2D eigenvalue weighted by atomic mass is 35.5. The van der Waals surface area contributed by atoms with Crippen molar-refractivity contribution < 1.29 is 4.79 Å². The Labute approximate surface area is 134 Å². The summed E-state index contributed by atoms with van der Waals surface area (Å²) < 4.78 is 0. The summed E-state index contributed by atoms with van der Waals surface area (Å²) in [5.41, 5.74) is 3.50. The molecule has 22 heavy (non-hydrogen) atoms. The van der Waals surface area contributed by atoms with Crippen molar-refractivity contribution in [3.05, 3.63) is 77.3 Å². The van der Waals surface area contributed by atoms with Crippen LogP contribution in [0.4, 0.5) is 0 Å². The zero-order valence-electron chi connectivity index (χ0n) is 12.0. The first-order valence-corrected chi connectivity index (χ1v) is 7.47. The second-order valence-corrected chi connectivity index (χ2v) is 5.60. The lowest BCUT2D eigenvalue weighted by Gasteiger charge is -2.07. The van der Waals surface area contributed by atoms with Gasteiger partial charge in [0.1, 0.15) is 0 Å². The van der Waals surface area contributed by atoms with Crippen molar-refractivity contribution in [1.29, 1.82) is 0 Å². The Balaban J connectivity index is 1.64. The maximum atomic E-state index is 12.2. The molecule has 0 atom stereocenters. The van der Waals surface area contributed by atoms with E-state index in [0.29, 0.717) is 22.7 Å². The third kappa shape index (κ3) is 3.00. The summed E-state index contributed by atoms with van der Waals surface area (Å²) in [6.45, 7) is 4.42. The van der Waals surface area contributed by atoms with Crippen LogP contribution in [0.2, 0.25) is 5.02 Å². The van der Waals surface area contributed by atoms with Crippen LogP contribution in [0.1, 0.15) is 21.5 Å². The van der Waals surface area contributed by atoms with E-state index in [2.05, 4.69) is 23.3 Å². The van der Waals surface area contributed by atoms with Gasteiger partial charge in [-0.05, 0) is 48.7 Å². The molecule has 0 aliphatic heterocycles. The lowest BCUT2D eigenvalue weighted by atomic mass is 10.1. The van der Waals surface area contributed by atoms with Crippen LogP contribution in [-0.2, 0) is 6.42 Å². The van der Waals surface area contributed by atoms with Gasteiger partial charge in [0.2, 0.25) is 0 Å². The number of H-pyrrole nitrogens is 1. The Morgan fingerprint density at radius 1 is 1.23 bits per heavy atom. The molecule has 0 bridgehead atoms. The number of amides is 1. The van der Waals surface area contributed by atoms with Gasteiger partial charge in [-0.15, -0.1) is 0 Å². The number of carbonyl (C=O) groups is 1. The maximum absolute atomic E-state index is 12.2. The molecule has 1 radical (unpaired) electrons. The fourth-order valence-corrected chi connectivity index (χ4v) is 2.72. The lowest BCUT2D eigenvalue weighted by molar-refractivity contribution is 0.0954. The van der Waals surface area contributed by atoms with E-state index < -0.39 is 0 Å². The number of aromatic nitrogens is 1. The minimum atomic E-state index is -0.124. The van der Waals surface area contributed by atoms with E-state index in [4.69, 9.17) is 11.6 Å². The van der Waals surface area contributed by atoms with E-state index in [1.54, 1.807) is 18.2 Å². The number of nitrogens with one attached hydrogen (secondary N) is 2. The van der Waals surface area contributed by atoms with Crippen molar-refractivity contribution in [3.8, 4) is 0 Å². The van der Waals surface area contributed by atoms with E-state index in [0.717, 1.165) is 11.9 Å². The van der Waals surface area contributed by atoms with Crippen LogP contribution in [0.3, 0.4) is 0 Å². The first kappa shape index (κ1) is 14.7. The van der Waals surface area contributed by atoms with Crippen LogP contribution in [0.25, 0.3) is 10.9 Å². The predicted octanol–water partition coefficient (Wildman–Crippen LogP) is 3.98. The molecule has 3 rings (SSSR count). The Morgan fingerprint density at radius 3 is 2.86 bits per heavy atom. The molecule has 1 heterocycles. The standard InChI is InChI=1S/C18H16ClN2O/c1-12-10-14(19)6-7-15(12)18(22)20-9-8-13-11-21-17-5-3-2-4-16(13)17/h2-7,10-11,21H,1,8-9H2,(H,20,22). The Hall–Kier alpha value is -2.26. The van der Waals surface area contributed by atoms with Crippen LogP contribution in [0.5, 0.6) is 0 Å². The summed E-state index contributed by atoms with van der Waals surface area (Å²) >= 11 is 5.87. The van der Waals surface area contributed by atoms with Crippen molar-refractivity contribution in [2.45, 2.75) is 6.42 Å². The number of aromatic amines is 1. The maximum Gasteiger partial charge on any atom is 0.251 e. The van der Waals surface area contributed by atoms with Gasteiger partial charge in [-0.3, -0.25) is 4.79 Å². The molecular weight excluding hydrogens is 296 g/mol. The molecule has 3 aromatic rings. The molecule has 0 fully saturated rings. The van der Waals surface area contributed by atoms with E-state index in [1.807, 2.05) is 24.4 Å². The summed E-state index contributed by atoms with van der Waals surface area (Å²) in [5, 5.41) is 4.71. The van der Waals surface area contributed by atoms with Crippen LogP contribution >= 0.6 is 11.6 Å². The van der Waals surface area contributed by atoms with Gasteiger partial charge in [-0.1, -0.05) is 29.8 Å². The second kappa shape index (κ2) is 6.24. The molecule has 0 aliphatic carbocycles. The van der Waals surface area contributed by atoms with Gasteiger partial charge in [0.15, 0.2) is 0 Å². The third-order valence-corrected chi connectivity index (χ3v) is 3.90. The van der Waals surface area contributed by atoms with Crippen LogP contribution in [0.15, 0.2) is 48.7 Å². The number of fused-ring (bicyclic) bond motifs is 1. The SMILES string of the molecule is [CH2]c1cc(Cl)ccc1C(=O)NCCc1c[nH]c2ccccc12. The smallest absolute Gasteiger partial charge is 0.251 e. The highest BCUT2D eigenvalue weighted by Gasteiger charge is 2.09. The summed E-state index contributed by atoms with van der Waals surface area (Å²) in [6, 6.07) is 13.2. The molecule has 3 nitrogen and oxygen atoms in total. The molecule has 1 aromatic heterocycles. The van der Waals surface area contributed by atoms with Gasteiger partial charge in [0.05, 0.1) is 0 Å². The monoisotopic (exact) mass is 311 g/mol. The molecule has 0 unspecified atom stereocenters. The highest BCUT2D eigenvalue weighted by Crippen LogP contribution is 2.18. The fourth-order valence-electron chi connectivity index (χ4n) is 2.53. The first-order chi connectivity index (χ1) is 10.6. The predicted molar refractivity (Wildman–Crippen MR) is 90.2 cm³/mol. The Kier molecular flexibility index (Phi) is 4.16. The summed E-state index contributed by atoms with van der Waals surface area (Å²) in [5.74, 6) is -0.124. The van der Waals surface area contributed by atoms with Gasteiger partial charge in [0, 0.05) is 34.2 Å². The lowest BCUT2D eigenvalue weighted by Crippen LogP contribution is -2.26. The van der Waals surface area contributed by atoms with E-state index in [9.17, 15) is 4.79 Å². The minimum Gasteiger partial charge on any atom is -0.361 e. The molecule has 0 saturated carbocycles. The van der Waals surface area contributed by atoms with Crippen LogP contribution in [0, 0.1) is 6.92 Å². The van der Waals surface area contributed by atoms with Crippen molar-refractivity contribution in [1.82, 2.24) is 10.3 Å². The zero-order valence-corrected chi connectivity index (χ0v) is 12.8. The molecule has 0 saturated heterocycles. The number of benzene rings is 2. The Bertz CT molecular complexity index is 823. The van der Waals surface area contributed by atoms with Crippen LogP contribution < -0.4 is 5.32 Å². The number of rotatable bonds is 4. The quantitative estimate of drug-likeness (QED) is 0.752. The number of para-hydroxylation sites is 1. The molecule has 1 amide bonds. The van der Waals surface area contributed by atoms with E-state index in [-0.39, 0.29) is 5.91 Å². The van der Waals surface area contributed by atoms with Crippen LogP contribution in [-0.4, -0.2) is 17.4 Å². The summed E-state index contributed by atoms with van der Waals surface area (Å²) in [4.78, 5) is 15.4. The van der Waals surface area contributed by atoms with Gasteiger partial charge in [-0.25, -0.2) is 0 Å². The van der Waals surface area contributed by atoms with Crippen molar-refractivity contribution in [2.75, 3.05) is 6.54 Å². The van der Waals surface area contributed by atoms with Gasteiger partial charge >= 0.3 is 0 Å². The van der Waals surface area contributed by atoms with Crippen molar-refractivity contribution in [3.63, 3.8) is 0 Å². The summed E-state index contributed by atoms with van der Waals surface area (Å²) in [7, 11) is 0. The topological polar surface area (TPSA) is 44.9 Å². The fraction of sp³-hybridized carbons (Fsp3) is 0.111. The molecule has 0 aliphatic rings. The number of halogens is 1. The highest BCUT2D eigenvalue weighted by molar-refractivity contribution is 6.30. The zero-order chi connectivity index (χ0) is 15.5. The van der Waals surface area contributed by atoms with Gasteiger partial charge in [0.25, 0.3) is 5.91 Å². The molecular formula is C18H16ClN2O. The van der Waals surface area contributed by atoms with E-state index in [1.165, 1.54) is 10.9 Å². The van der Waals surface area contributed by atoms with Crippen molar-refractivity contribution in [2.24, 2.45) is 0 Å². The van der Waals surface area contributed by atoms with Crippen molar-refractivity contribution >= 4 is 28.4 Å².